The van der Waals surface area contributed by atoms with E-state index in [1.807, 2.05) is 0 Å². The topological polar surface area (TPSA) is 94.6 Å². The van der Waals surface area contributed by atoms with Crippen LogP contribution in [0.3, 0.4) is 0 Å². The lowest BCUT2D eigenvalue weighted by molar-refractivity contribution is 0.0691. The molecule has 0 amide bonds. The van der Waals surface area contributed by atoms with Crippen LogP contribution in [0, 0.1) is 5.82 Å². The molecule has 0 fully saturated rings. The SMILES string of the molecule is O=C(O)c1cc2c(Nc3ccc(Oc4cccc(CO)c4)c(Cl)c3)ccc(F)c2[nH]1. The molecule has 152 valence electrons. The van der Waals surface area contributed by atoms with Crippen LogP contribution >= 0.6 is 11.6 Å². The van der Waals surface area contributed by atoms with Gasteiger partial charge in [0.1, 0.15) is 23.0 Å². The molecule has 0 saturated heterocycles. The molecule has 30 heavy (non-hydrogen) atoms. The van der Waals surface area contributed by atoms with Gasteiger partial charge in [-0.15, -0.1) is 0 Å². The van der Waals surface area contributed by atoms with Crippen LogP contribution in [0.4, 0.5) is 15.8 Å². The minimum atomic E-state index is -1.17. The molecule has 0 bridgehead atoms. The van der Waals surface area contributed by atoms with E-state index >= 15 is 0 Å². The zero-order valence-electron chi connectivity index (χ0n) is 15.4. The number of halogens is 2. The maximum absolute atomic E-state index is 14.1. The van der Waals surface area contributed by atoms with Crippen LogP contribution in [-0.2, 0) is 6.61 Å². The van der Waals surface area contributed by atoms with Gasteiger partial charge in [-0.25, -0.2) is 9.18 Å². The number of carbonyl (C=O) groups is 1. The third kappa shape index (κ3) is 3.94. The zero-order valence-corrected chi connectivity index (χ0v) is 16.2. The smallest absolute Gasteiger partial charge is 0.352 e. The second kappa shape index (κ2) is 8.06. The second-order valence-corrected chi connectivity index (χ2v) is 6.96. The van der Waals surface area contributed by atoms with Gasteiger partial charge in [-0.1, -0.05) is 23.7 Å². The highest BCUT2D eigenvalue weighted by Gasteiger charge is 2.14. The van der Waals surface area contributed by atoms with E-state index in [0.29, 0.717) is 33.3 Å². The first-order valence-electron chi connectivity index (χ1n) is 8.93. The predicted octanol–water partition coefficient (Wildman–Crippen LogP) is 5.69. The van der Waals surface area contributed by atoms with Crippen molar-refractivity contribution < 1.29 is 24.1 Å². The molecular formula is C22H16ClFN2O4. The van der Waals surface area contributed by atoms with Crippen LogP contribution in [0.1, 0.15) is 16.1 Å². The van der Waals surface area contributed by atoms with Crippen molar-refractivity contribution in [1.29, 1.82) is 0 Å². The highest BCUT2D eigenvalue weighted by molar-refractivity contribution is 6.32. The van der Waals surface area contributed by atoms with Crippen LogP contribution in [0.15, 0.2) is 60.7 Å². The Balaban J connectivity index is 1.61. The van der Waals surface area contributed by atoms with Crippen molar-refractivity contribution in [2.24, 2.45) is 0 Å². The van der Waals surface area contributed by atoms with Crippen LogP contribution in [0.5, 0.6) is 11.5 Å². The largest absolute Gasteiger partial charge is 0.477 e. The number of aliphatic hydroxyl groups is 1. The van der Waals surface area contributed by atoms with Crippen molar-refractivity contribution >= 4 is 39.8 Å². The number of nitrogens with one attached hydrogen (secondary N) is 2. The fraction of sp³-hybridized carbons (Fsp3) is 0.0455. The minimum absolute atomic E-state index is 0.0946. The maximum atomic E-state index is 14.1. The average molecular weight is 427 g/mol. The van der Waals surface area contributed by atoms with E-state index in [4.69, 9.17) is 21.4 Å². The molecule has 0 aliphatic carbocycles. The van der Waals surface area contributed by atoms with E-state index in [-0.39, 0.29) is 17.8 Å². The minimum Gasteiger partial charge on any atom is -0.477 e. The molecule has 3 aromatic carbocycles. The lowest BCUT2D eigenvalue weighted by atomic mass is 10.2. The zero-order chi connectivity index (χ0) is 21.3. The quantitative estimate of drug-likeness (QED) is 0.318. The molecule has 8 heteroatoms. The summed E-state index contributed by atoms with van der Waals surface area (Å²) in [5.41, 5.74) is 1.85. The summed E-state index contributed by atoms with van der Waals surface area (Å²) in [6.45, 7) is -0.0946. The monoisotopic (exact) mass is 426 g/mol. The van der Waals surface area contributed by atoms with E-state index in [0.717, 1.165) is 5.56 Å². The van der Waals surface area contributed by atoms with Gasteiger partial charge in [0.15, 0.2) is 0 Å². The standard InChI is InChI=1S/C22H16ClFN2O4/c23-16-9-13(4-7-20(16)30-14-3-1-2-12(8-14)11-27)25-18-6-5-17(24)21-15(18)10-19(26-21)22(28)29/h1-10,25-27H,11H2,(H,28,29). The van der Waals surface area contributed by atoms with Crippen molar-refractivity contribution in [2.45, 2.75) is 6.61 Å². The predicted molar refractivity (Wildman–Crippen MR) is 112 cm³/mol. The average Bonchev–Trinajstić information content (AvgIpc) is 3.19. The fourth-order valence-electron chi connectivity index (χ4n) is 3.06. The van der Waals surface area contributed by atoms with Gasteiger partial charge in [-0.2, -0.15) is 0 Å². The molecular weight excluding hydrogens is 411 g/mol. The highest BCUT2D eigenvalue weighted by atomic mass is 35.5. The Morgan fingerprint density at radius 1 is 1.13 bits per heavy atom. The molecule has 0 aliphatic heterocycles. The van der Waals surface area contributed by atoms with Gasteiger partial charge in [-0.3, -0.25) is 0 Å². The number of hydrogen-bond donors (Lipinski definition) is 4. The van der Waals surface area contributed by atoms with Gasteiger partial charge in [0.25, 0.3) is 0 Å². The van der Waals surface area contributed by atoms with Crippen LogP contribution in [0.2, 0.25) is 5.02 Å². The second-order valence-electron chi connectivity index (χ2n) is 6.55. The van der Waals surface area contributed by atoms with Gasteiger partial charge in [-0.05, 0) is 54.1 Å². The Morgan fingerprint density at radius 2 is 1.97 bits per heavy atom. The number of carboxylic acids is 1. The van der Waals surface area contributed by atoms with Crippen LogP contribution < -0.4 is 10.1 Å². The Labute approximate surface area is 175 Å². The lowest BCUT2D eigenvalue weighted by Gasteiger charge is -2.12. The molecule has 0 aliphatic rings. The molecule has 1 aromatic heterocycles. The third-order valence-corrected chi connectivity index (χ3v) is 4.79. The van der Waals surface area contributed by atoms with Crippen molar-refractivity contribution in [3.05, 3.63) is 82.8 Å². The summed E-state index contributed by atoms with van der Waals surface area (Å²) in [7, 11) is 0. The van der Waals surface area contributed by atoms with Gasteiger partial charge in [0.2, 0.25) is 0 Å². The summed E-state index contributed by atoms with van der Waals surface area (Å²) in [6.07, 6.45) is 0. The van der Waals surface area contributed by atoms with Crippen molar-refractivity contribution in [1.82, 2.24) is 4.98 Å². The molecule has 1 heterocycles. The molecule has 0 saturated carbocycles. The van der Waals surface area contributed by atoms with E-state index in [1.165, 1.54) is 18.2 Å². The van der Waals surface area contributed by atoms with Gasteiger partial charge in [0.05, 0.1) is 17.1 Å². The first-order valence-corrected chi connectivity index (χ1v) is 9.31. The molecule has 4 aromatic rings. The molecule has 4 N–H and O–H groups in total. The molecule has 4 rings (SSSR count). The van der Waals surface area contributed by atoms with Crippen LogP contribution in [-0.4, -0.2) is 21.2 Å². The number of hydrogen-bond acceptors (Lipinski definition) is 4. The molecule has 0 atom stereocenters. The number of carboxylic acid groups (broad SMARTS) is 1. The van der Waals surface area contributed by atoms with Crippen molar-refractivity contribution in [3.8, 4) is 11.5 Å². The molecule has 0 unspecified atom stereocenters. The van der Waals surface area contributed by atoms with E-state index in [1.54, 1.807) is 42.5 Å². The number of aromatic carboxylic acids is 1. The lowest BCUT2D eigenvalue weighted by Crippen LogP contribution is -1.95. The number of aromatic amines is 1. The summed E-state index contributed by atoms with van der Waals surface area (Å²) < 4.78 is 19.8. The number of ether oxygens (including phenoxy) is 1. The first kappa shape index (κ1) is 19.8. The highest BCUT2D eigenvalue weighted by Crippen LogP contribution is 2.34. The number of anilines is 2. The Bertz CT molecular complexity index is 1260. The molecule has 6 nitrogen and oxygen atoms in total. The molecule has 0 radical (unpaired) electrons. The fourth-order valence-corrected chi connectivity index (χ4v) is 3.28. The Hall–Kier alpha value is -3.55. The van der Waals surface area contributed by atoms with E-state index in [9.17, 15) is 14.3 Å². The summed E-state index contributed by atoms with van der Waals surface area (Å²) in [5.74, 6) is -0.754. The Kier molecular flexibility index (Phi) is 5.31. The van der Waals surface area contributed by atoms with Gasteiger partial charge < -0.3 is 25.3 Å². The maximum Gasteiger partial charge on any atom is 0.352 e. The van der Waals surface area contributed by atoms with Crippen molar-refractivity contribution in [2.75, 3.05) is 5.32 Å². The summed E-state index contributed by atoms with van der Waals surface area (Å²) in [5, 5.41) is 22.3. The molecule has 0 spiro atoms. The van der Waals surface area contributed by atoms with E-state index < -0.39 is 11.8 Å². The van der Waals surface area contributed by atoms with E-state index in [2.05, 4.69) is 10.3 Å². The van der Waals surface area contributed by atoms with Crippen molar-refractivity contribution in [3.63, 3.8) is 0 Å². The summed E-state index contributed by atoms with van der Waals surface area (Å²) in [4.78, 5) is 13.8. The van der Waals surface area contributed by atoms with Crippen LogP contribution in [0.25, 0.3) is 10.9 Å². The normalized spacial score (nSPS) is 10.9. The number of aliphatic hydroxyl groups excluding tert-OH is 1. The number of rotatable bonds is 6. The number of benzene rings is 3. The third-order valence-electron chi connectivity index (χ3n) is 4.49. The summed E-state index contributed by atoms with van der Waals surface area (Å²) in [6, 6.07) is 16.2. The summed E-state index contributed by atoms with van der Waals surface area (Å²) >= 11 is 6.35. The first-order chi connectivity index (χ1) is 14.4. The number of H-pyrrole nitrogens is 1. The van der Waals surface area contributed by atoms with Gasteiger partial charge >= 0.3 is 5.97 Å². The number of aromatic nitrogens is 1. The Morgan fingerprint density at radius 3 is 2.70 bits per heavy atom. The van der Waals surface area contributed by atoms with Gasteiger partial charge in [0, 0.05) is 16.8 Å². The number of fused-ring (bicyclic) bond motifs is 1.